The van der Waals surface area contributed by atoms with Crippen molar-refractivity contribution in [2.75, 3.05) is 0 Å². The second-order valence-corrected chi connectivity index (χ2v) is 15.9. The normalized spacial score (nSPS) is 10.9. The van der Waals surface area contributed by atoms with Gasteiger partial charge in [0, 0.05) is 49.1 Å². The summed E-state index contributed by atoms with van der Waals surface area (Å²) in [6, 6.07) is 24.7. The van der Waals surface area contributed by atoms with Gasteiger partial charge >= 0.3 is 0 Å². The number of hydrogen-bond acceptors (Lipinski definition) is 12. The third kappa shape index (κ3) is 12.0. The molecule has 0 unspecified atom stereocenters. The highest BCUT2D eigenvalue weighted by Gasteiger charge is 2.13. The molecular weight excluding hydrogens is 809 g/mol. The summed E-state index contributed by atoms with van der Waals surface area (Å²) in [7, 11) is 0. The number of unbranched alkanes of at least 4 members (excludes halogenated alkanes) is 2. The molecule has 15 nitrogen and oxygen atoms in total. The molecule has 2 aromatic carbocycles. The Morgan fingerprint density at radius 2 is 1.10 bits per heavy atom. The Morgan fingerprint density at radius 1 is 0.607 bits per heavy atom. The van der Waals surface area contributed by atoms with E-state index >= 15 is 0 Å². The van der Waals surface area contributed by atoms with Crippen LogP contribution < -0.4 is 16.4 Å². The summed E-state index contributed by atoms with van der Waals surface area (Å²) in [6.07, 6.45) is 10.5. The highest BCUT2D eigenvalue weighted by molar-refractivity contribution is 7.10. The fourth-order valence-corrected chi connectivity index (χ4v) is 7.90. The summed E-state index contributed by atoms with van der Waals surface area (Å²) in [6.45, 7) is 0.650. The first-order valence-corrected chi connectivity index (χ1v) is 21.5. The molecule has 0 aliphatic heterocycles. The molecule has 0 fully saturated rings. The Hall–Kier alpha value is -7.16. The second-order valence-electron chi connectivity index (χ2n) is 14.0. The lowest BCUT2D eigenvalue weighted by Gasteiger charge is -2.03. The molecule has 6 N–H and O–H groups in total. The van der Waals surface area contributed by atoms with Crippen LogP contribution in [0.5, 0.6) is 0 Å². The molecule has 0 saturated heterocycles. The van der Waals surface area contributed by atoms with E-state index in [0.29, 0.717) is 30.2 Å². The number of pyridine rings is 2. The van der Waals surface area contributed by atoms with Crippen LogP contribution >= 0.6 is 22.7 Å². The van der Waals surface area contributed by atoms with Gasteiger partial charge in [-0.25, -0.2) is 24.9 Å². The van der Waals surface area contributed by atoms with Crippen LogP contribution in [0.1, 0.15) is 95.6 Å². The number of rotatable bonds is 17. The Kier molecular flexibility index (Phi) is 14.2. The molecule has 6 aromatic heterocycles. The number of H-pyrrole nitrogens is 2. The van der Waals surface area contributed by atoms with E-state index < -0.39 is 5.91 Å². The Balaban J connectivity index is 0.000000184. The topological polar surface area (TPSA) is 234 Å². The number of carbonyl (C=O) groups is 3. The van der Waals surface area contributed by atoms with Crippen molar-refractivity contribution in [1.82, 2.24) is 50.5 Å². The molecule has 0 aliphatic rings. The SMILES string of the molecule is N#Cc1ccc(CNC(=O)c2csc(CCCCc3nc4ccccc4[nH]3)n2)cn1.NC(=O)c1ccc(CNC(=O)c2csc(CCCCc3nc4ccccc4[nH]3)n2)cn1. The number of fused-ring (bicyclic) bond motifs is 2. The maximum absolute atomic E-state index is 12.3. The van der Waals surface area contributed by atoms with Gasteiger partial charge in [-0.2, -0.15) is 5.26 Å². The predicted molar refractivity (Wildman–Crippen MR) is 234 cm³/mol. The largest absolute Gasteiger partial charge is 0.364 e. The molecule has 8 aromatic rings. The molecule has 308 valence electrons. The van der Waals surface area contributed by atoms with E-state index in [2.05, 4.69) is 50.5 Å². The van der Waals surface area contributed by atoms with Gasteiger partial charge in [-0.1, -0.05) is 36.4 Å². The summed E-state index contributed by atoms with van der Waals surface area (Å²) >= 11 is 3.01. The lowest BCUT2D eigenvalue weighted by atomic mass is 10.2. The fraction of sp³-hybridized carbons (Fsp3) is 0.227. The number of nitrogens with zero attached hydrogens (tertiary/aromatic N) is 7. The summed E-state index contributed by atoms with van der Waals surface area (Å²) in [4.78, 5) is 68.4. The van der Waals surface area contributed by atoms with Crippen molar-refractivity contribution >= 4 is 62.5 Å². The van der Waals surface area contributed by atoms with Gasteiger partial charge in [-0.3, -0.25) is 19.4 Å². The van der Waals surface area contributed by atoms with Crippen molar-refractivity contribution in [2.24, 2.45) is 5.73 Å². The van der Waals surface area contributed by atoms with Gasteiger partial charge < -0.3 is 26.3 Å². The molecule has 17 heteroatoms. The molecule has 61 heavy (non-hydrogen) atoms. The minimum absolute atomic E-state index is 0.194. The van der Waals surface area contributed by atoms with Crippen LogP contribution in [0.4, 0.5) is 0 Å². The van der Waals surface area contributed by atoms with Crippen LogP contribution in [0.3, 0.4) is 0 Å². The number of nitrogens with one attached hydrogen (secondary N) is 4. The molecule has 0 radical (unpaired) electrons. The minimum atomic E-state index is -0.580. The van der Waals surface area contributed by atoms with E-state index in [0.717, 1.165) is 106 Å². The third-order valence-electron chi connectivity index (χ3n) is 9.48. The Bertz CT molecular complexity index is 2700. The number of thiazole rings is 2. The molecule has 0 saturated carbocycles. The smallest absolute Gasteiger partial charge is 0.271 e. The summed E-state index contributed by atoms with van der Waals surface area (Å²) in [5.74, 6) is 0.988. The highest BCUT2D eigenvalue weighted by atomic mass is 32.1. The van der Waals surface area contributed by atoms with E-state index in [1.807, 2.05) is 54.6 Å². The number of hydrogen-bond donors (Lipinski definition) is 5. The summed E-state index contributed by atoms with van der Waals surface area (Å²) in [5, 5.41) is 19.9. The summed E-state index contributed by atoms with van der Waals surface area (Å²) in [5.41, 5.74) is 12.3. The second kappa shape index (κ2) is 20.7. The Labute approximate surface area is 359 Å². The molecule has 8 rings (SSSR count). The molecule has 0 spiro atoms. The number of amides is 3. The van der Waals surface area contributed by atoms with Gasteiger partial charge in [-0.15, -0.1) is 22.7 Å². The number of para-hydroxylation sites is 4. The number of nitrogens with two attached hydrogens (primary N) is 1. The number of primary amides is 1. The first-order valence-electron chi connectivity index (χ1n) is 19.7. The average Bonchev–Trinajstić information content (AvgIpc) is 4.12. The van der Waals surface area contributed by atoms with E-state index in [1.54, 1.807) is 35.2 Å². The van der Waals surface area contributed by atoms with Crippen molar-refractivity contribution in [2.45, 2.75) is 64.5 Å². The zero-order valence-corrected chi connectivity index (χ0v) is 34.7. The standard InChI is InChI=1S/C22H22N6O2S.C22H20N6OS/c23-21(29)17-10-9-14(11-24-17)12-25-22(30)18-13-31-20(28-18)8-4-3-7-19-26-15-5-1-2-6-16(15)27-19;23-11-16-10-9-15(12-24-16)13-25-22(29)19-14-30-21(28-19)8-4-3-7-20-26-17-5-1-2-6-18(17)27-20/h1-2,5-6,9-11,13H,3-4,7-8,12H2,(H2,23,29)(H,25,30)(H,26,27);1-2,5-6,9-10,12,14H,3-4,7-8,13H2,(H,25,29)(H,26,27). The van der Waals surface area contributed by atoms with Crippen LogP contribution in [0.2, 0.25) is 0 Å². The van der Waals surface area contributed by atoms with Crippen LogP contribution in [-0.2, 0) is 38.8 Å². The number of carbonyl (C=O) groups excluding carboxylic acids is 3. The van der Waals surface area contributed by atoms with E-state index in [-0.39, 0.29) is 17.5 Å². The number of aryl methyl sites for hydroxylation is 4. The zero-order chi connectivity index (χ0) is 42.4. The first kappa shape index (κ1) is 42.0. The van der Waals surface area contributed by atoms with Crippen LogP contribution in [0.15, 0.2) is 96.0 Å². The molecular formula is C44H42N12O3S2. The van der Waals surface area contributed by atoms with Gasteiger partial charge in [0.05, 0.1) is 32.1 Å². The van der Waals surface area contributed by atoms with Crippen molar-refractivity contribution in [3.63, 3.8) is 0 Å². The van der Waals surface area contributed by atoms with E-state index in [9.17, 15) is 14.4 Å². The number of aromatic amines is 2. The maximum atomic E-state index is 12.3. The molecule has 3 amide bonds. The lowest BCUT2D eigenvalue weighted by molar-refractivity contribution is 0.0938. The highest BCUT2D eigenvalue weighted by Crippen LogP contribution is 2.18. The first-order chi connectivity index (χ1) is 29.8. The molecule has 6 heterocycles. The number of benzene rings is 2. The van der Waals surface area contributed by atoms with Crippen LogP contribution in [0.25, 0.3) is 22.1 Å². The third-order valence-corrected chi connectivity index (χ3v) is 11.3. The Morgan fingerprint density at radius 3 is 1.54 bits per heavy atom. The average molecular weight is 851 g/mol. The van der Waals surface area contributed by atoms with Crippen molar-refractivity contribution in [3.8, 4) is 6.07 Å². The summed E-state index contributed by atoms with van der Waals surface area (Å²) < 4.78 is 0. The molecule has 0 aliphatic carbocycles. The number of imidazole rings is 2. The van der Waals surface area contributed by atoms with E-state index in [1.165, 1.54) is 34.9 Å². The monoisotopic (exact) mass is 850 g/mol. The van der Waals surface area contributed by atoms with E-state index in [4.69, 9.17) is 11.0 Å². The van der Waals surface area contributed by atoms with Crippen LogP contribution in [0, 0.1) is 11.3 Å². The van der Waals surface area contributed by atoms with Gasteiger partial charge in [0.15, 0.2) is 0 Å². The number of nitriles is 1. The van der Waals surface area contributed by atoms with Crippen molar-refractivity contribution in [3.05, 3.63) is 152 Å². The van der Waals surface area contributed by atoms with Gasteiger partial charge in [0.25, 0.3) is 17.7 Å². The van der Waals surface area contributed by atoms with Gasteiger partial charge in [0.1, 0.15) is 40.5 Å². The van der Waals surface area contributed by atoms with Gasteiger partial charge in [-0.05, 0) is 86.1 Å². The maximum Gasteiger partial charge on any atom is 0.271 e. The van der Waals surface area contributed by atoms with Crippen molar-refractivity contribution < 1.29 is 14.4 Å². The molecule has 0 atom stereocenters. The van der Waals surface area contributed by atoms with Gasteiger partial charge in [0.2, 0.25) is 0 Å². The zero-order valence-electron chi connectivity index (χ0n) is 33.1. The minimum Gasteiger partial charge on any atom is -0.364 e. The lowest BCUT2D eigenvalue weighted by Crippen LogP contribution is -2.23. The molecule has 0 bridgehead atoms. The fourth-order valence-electron chi connectivity index (χ4n) is 6.26. The quantitative estimate of drug-likeness (QED) is 0.0602. The predicted octanol–water partition coefficient (Wildman–Crippen LogP) is 6.79. The van der Waals surface area contributed by atoms with Crippen LogP contribution in [-0.4, -0.2) is 57.6 Å². The number of aromatic nitrogens is 8. The van der Waals surface area contributed by atoms with Crippen molar-refractivity contribution in [1.29, 1.82) is 5.26 Å².